The van der Waals surface area contributed by atoms with Gasteiger partial charge in [-0.1, -0.05) is 60.7 Å². The fourth-order valence-electron chi connectivity index (χ4n) is 3.14. The van der Waals surface area contributed by atoms with Gasteiger partial charge in [0.15, 0.2) is 5.82 Å². The molecule has 0 unspecified atom stereocenters. The van der Waals surface area contributed by atoms with Crippen molar-refractivity contribution in [3.05, 3.63) is 99.7 Å². The maximum atomic E-state index is 12.9. The molecule has 0 atom stereocenters. The van der Waals surface area contributed by atoms with Crippen molar-refractivity contribution in [2.45, 2.75) is 32.4 Å². The number of benzene rings is 2. The Morgan fingerprint density at radius 1 is 0.941 bits per heavy atom. The van der Waals surface area contributed by atoms with Gasteiger partial charge >= 0.3 is 5.97 Å². The molecule has 176 valence electrons. The van der Waals surface area contributed by atoms with E-state index in [1.54, 1.807) is 20.8 Å². The van der Waals surface area contributed by atoms with Crippen LogP contribution in [-0.2, 0) is 9.53 Å². The number of carbonyl (C=O) groups is 3. The molecule has 0 spiro atoms. The molecule has 3 N–H and O–H groups in total. The molecular formula is C25H26N4O5. The van der Waals surface area contributed by atoms with E-state index in [1.807, 2.05) is 60.7 Å². The van der Waals surface area contributed by atoms with E-state index in [1.165, 1.54) is 0 Å². The molecule has 0 bridgehead atoms. The quantitative estimate of drug-likeness (QED) is 0.462. The zero-order valence-corrected chi connectivity index (χ0v) is 19.1. The van der Waals surface area contributed by atoms with E-state index in [4.69, 9.17) is 4.74 Å². The number of aromatic nitrogens is 2. The van der Waals surface area contributed by atoms with E-state index in [0.29, 0.717) is 0 Å². The highest BCUT2D eigenvalue weighted by molar-refractivity contribution is 5.95. The van der Waals surface area contributed by atoms with Crippen LogP contribution in [0.4, 0.5) is 0 Å². The third-order valence-electron chi connectivity index (χ3n) is 4.61. The Morgan fingerprint density at radius 2 is 1.50 bits per heavy atom. The summed E-state index contributed by atoms with van der Waals surface area (Å²) >= 11 is 0. The number of esters is 1. The van der Waals surface area contributed by atoms with E-state index in [-0.39, 0.29) is 11.4 Å². The van der Waals surface area contributed by atoms with Gasteiger partial charge in [-0.15, -0.1) is 0 Å². The molecule has 9 heteroatoms. The van der Waals surface area contributed by atoms with E-state index in [2.05, 4.69) is 20.6 Å². The van der Waals surface area contributed by atoms with Crippen LogP contribution in [-0.4, -0.2) is 39.9 Å². The lowest BCUT2D eigenvalue weighted by atomic mass is 9.98. The molecule has 0 radical (unpaired) electrons. The molecule has 0 saturated carbocycles. The van der Waals surface area contributed by atoms with Gasteiger partial charge in [0.1, 0.15) is 17.7 Å². The van der Waals surface area contributed by atoms with Crippen molar-refractivity contribution < 1.29 is 19.1 Å². The van der Waals surface area contributed by atoms with Crippen LogP contribution >= 0.6 is 0 Å². The summed E-state index contributed by atoms with van der Waals surface area (Å²) in [5, 5.41) is 5.18. The number of H-pyrrole nitrogens is 1. The summed E-state index contributed by atoms with van der Waals surface area (Å²) in [4.78, 5) is 55.6. The van der Waals surface area contributed by atoms with Gasteiger partial charge in [-0.05, 0) is 31.9 Å². The van der Waals surface area contributed by atoms with Crippen LogP contribution in [0.3, 0.4) is 0 Å². The molecule has 0 saturated heterocycles. The predicted molar refractivity (Wildman–Crippen MR) is 125 cm³/mol. The Hall–Kier alpha value is -4.27. The fraction of sp³-hybridized carbons (Fsp3) is 0.240. The van der Waals surface area contributed by atoms with Crippen LogP contribution in [0, 0.1) is 0 Å². The SMILES string of the molecule is CC(C)(C)OC(=O)CNC(=O)c1ncc(C(=O)NC(c2ccccc2)c2ccccc2)c(=O)[nH]1. The second-order valence-electron chi connectivity index (χ2n) is 8.47. The van der Waals surface area contributed by atoms with E-state index >= 15 is 0 Å². The summed E-state index contributed by atoms with van der Waals surface area (Å²) < 4.78 is 5.11. The number of amides is 2. The average Bonchev–Trinajstić information content (AvgIpc) is 2.80. The van der Waals surface area contributed by atoms with Gasteiger partial charge in [-0.3, -0.25) is 19.2 Å². The normalized spacial score (nSPS) is 11.1. The van der Waals surface area contributed by atoms with Gasteiger partial charge in [0, 0.05) is 6.20 Å². The molecule has 9 nitrogen and oxygen atoms in total. The maximum absolute atomic E-state index is 12.9. The smallest absolute Gasteiger partial charge is 0.325 e. The van der Waals surface area contributed by atoms with Crippen molar-refractivity contribution in [3.8, 4) is 0 Å². The first-order valence-electron chi connectivity index (χ1n) is 10.6. The van der Waals surface area contributed by atoms with Gasteiger partial charge < -0.3 is 20.4 Å². The molecule has 0 fully saturated rings. The summed E-state index contributed by atoms with van der Waals surface area (Å²) in [6.45, 7) is 4.72. The molecule has 3 aromatic rings. The largest absolute Gasteiger partial charge is 0.459 e. The Morgan fingerprint density at radius 3 is 2.00 bits per heavy atom. The topological polar surface area (TPSA) is 130 Å². The molecular weight excluding hydrogens is 436 g/mol. The predicted octanol–water partition coefficient (Wildman–Crippen LogP) is 2.36. The van der Waals surface area contributed by atoms with E-state index in [9.17, 15) is 19.2 Å². The molecule has 3 rings (SSSR count). The summed E-state index contributed by atoms with van der Waals surface area (Å²) in [6, 6.07) is 18.2. The minimum absolute atomic E-state index is 0.249. The van der Waals surface area contributed by atoms with Crippen LogP contribution in [0.15, 0.2) is 71.7 Å². The molecule has 1 aromatic heterocycles. The lowest BCUT2D eigenvalue weighted by molar-refractivity contribution is -0.153. The number of aromatic amines is 1. The van der Waals surface area contributed by atoms with E-state index < -0.39 is 41.5 Å². The molecule has 0 aliphatic heterocycles. The highest BCUT2D eigenvalue weighted by Crippen LogP contribution is 2.22. The summed E-state index contributed by atoms with van der Waals surface area (Å²) in [5.41, 5.74) is -0.0506. The summed E-state index contributed by atoms with van der Waals surface area (Å²) in [7, 11) is 0. The molecule has 0 aliphatic carbocycles. The highest BCUT2D eigenvalue weighted by atomic mass is 16.6. The number of hydrogen-bond acceptors (Lipinski definition) is 6. The number of rotatable bonds is 7. The number of hydrogen-bond donors (Lipinski definition) is 3. The van der Waals surface area contributed by atoms with Gasteiger partial charge in [0.25, 0.3) is 17.4 Å². The Bertz CT molecular complexity index is 1180. The fourth-order valence-corrected chi connectivity index (χ4v) is 3.14. The van der Waals surface area contributed by atoms with Crippen LogP contribution in [0.25, 0.3) is 0 Å². The van der Waals surface area contributed by atoms with Crippen LogP contribution in [0.5, 0.6) is 0 Å². The van der Waals surface area contributed by atoms with Crippen LogP contribution < -0.4 is 16.2 Å². The number of nitrogens with one attached hydrogen (secondary N) is 3. The maximum Gasteiger partial charge on any atom is 0.325 e. The molecule has 1 heterocycles. The van der Waals surface area contributed by atoms with Gasteiger partial charge in [0.05, 0.1) is 6.04 Å². The first-order chi connectivity index (χ1) is 16.1. The Kier molecular flexibility index (Phi) is 7.57. The van der Waals surface area contributed by atoms with Crippen molar-refractivity contribution in [1.29, 1.82) is 0 Å². The van der Waals surface area contributed by atoms with Crippen molar-refractivity contribution in [2.24, 2.45) is 0 Å². The van der Waals surface area contributed by atoms with Gasteiger partial charge in [0.2, 0.25) is 0 Å². The van der Waals surface area contributed by atoms with Crippen molar-refractivity contribution in [1.82, 2.24) is 20.6 Å². The second-order valence-corrected chi connectivity index (χ2v) is 8.47. The first kappa shape index (κ1) is 24.4. The minimum Gasteiger partial charge on any atom is -0.459 e. The van der Waals surface area contributed by atoms with Crippen molar-refractivity contribution >= 4 is 17.8 Å². The molecule has 2 aromatic carbocycles. The van der Waals surface area contributed by atoms with Crippen LogP contribution in [0.1, 0.15) is 58.9 Å². The van der Waals surface area contributed by atoms with Crippen molar-refractivity contribution in [2.75, 3.05) is 6.54 Å². The zero-order chi connectivity index (χ0) is 24.7. The lowest BCUT2D eigenvalue weighted by Crippen LogP contribution is -2.37. The number of ether oxygens (including phenoxy) is 1. The molecule has 2 amide bonds. The van der Waals surface area contributed by atoms with Gasteiger partial charge in [-0.2, -0.15) is 0 Å². The minimum atomic E-state index is -0.783. The first-order valence-corrected chi connectivity index (χ1v) is 10.6. The molecule has 0 aliphatic rings. The molecule has 34 heavy (non-hydrogen) atoms. The monoisotopic (exact) mass is 462 g/mol. The Balaban J connectivity index is 1.73. The summed E-state index contributed by atoms with van der Waals surface area (Å²) in [6.07, 6.45) is 1.03. The van der Waals surface area contributed by atoms with Crippen LogP contribution in [0.2, 0.25) is 0 Å². The number of carbonyl (C=O) groups excluding carboxylic acids is 3. The van der Waals surface area contributed by atoms with Gasteiger partial charge in [-0.25, -0.2) is 4.98 Å². The third-order valence-corrected chi connectivity index (χ3v) is 4.61. The van der Waals surface area contributed by atoms with E-state index in [0.717, 1.165) is 17.3 Å². The third kappa shape index (κ3) is 6.61. The number of nitrogens with zero attached hydrogens (tertiary/aromatic N) is 1. The lowest BCUT2D eigenvalue weighted by Gasteiger charge is -2.20. The zero-order valence-electron chi connectivity index (χ0n) is 19.1. The highest BCUT2D eigenvalue weighted by Gasteiger charge is 2.22. The average molecular weight is 463 g/mol. The Labute approximate surface area is 196 Å². The second kappa shape index (κ2) is 10.6. The summed E-state index contributed by atoms with van der Waals surface area (Å²) in [5.74, 6) is -2.38. The van der Waals surface area contributed by atoms with Crippen molar-refractivity contribution in [3.63, 3.8) is 0 Å². The standard InChI is InChI=1S/C25H26N4O5/c1-25(2,3)34-19(30)15-27-24(33)21-26-14-18(23(32)29-21)22(31)28-20(16-10-6-4-7-11-16)17-12-8-5-9-13-17/h4-14,20H,15H2,1-3H3,(H,27,33)(H,28,31)(H,26,29,32).